The molecule has 0 unspecified atom stereocenters. The molecule has 0 spiro atoms. The Kier molecular flexibility index (Phi) is 4.15. The summed E-state index contributed by atoms with van der Waals surface area (Å²) in [7, 11) is 0. The molecule has 5 nitrogen and oxygen atoms in total. The maximum Gasteiger partial charge on any atom is 0.254 e. The van der Waals surface area contributed by atoms with Gasteiger partial charge in [0.15, 0.2) is 0 Å². The van der Waals surface area contributed by atoms with Gasteiger partial charge in [0, 0.05) is 17.7 Å². The van der Waals surface area contributed by atoms with Gasteiger partial charge in [-0.1, -0.05) is 6.07 Å². The molecule has 0 bridgehead atoms. The van der Waals surface area contributed by atoms with E-state index in [0.717, 1.165) is 32.1 Å². The number of benzene rings is 2. The lowest BCUT2D eigenvalue weighted by molar-refractivity contribution is 0.0733. The first-order chi connectivity index (χ1) is 12.1. The number of aryl methyl sites for hydroxylation is 1. The monoisotopic (exact) mass is 354 g/mol. The third-order valence-electron chi connectivity index (χ3n) is 4.32. The average Bonchev–Trinajstić information content (AvgIpc) is 2.86. The number of rotatable bonds is 2. The van der Waals surface area contributed by atoms with Crippen LogP contribution in [-0.4, -0.2) is 34.0 Å². The van der Waals surface area contributed by atoms with E-state index < -0.39 is 0 Å². The van der Waals surface area contributed by atoms with Crippen molar-refractivity contribution in [2.75, 3.05) is 13.2 Å². The summed E-state index contributed by atoms with van der Waals surface area (Å²) in [5.41, 5.74) is 3.33. The highest BCUT2D eigenvalue weighted by Gasteiger charge is 2.21. The van der Waals surface area contributed by atoms with Gasteiger partial charge in [-0.2, -0.15) is 0 Å². The van der Waals surface area contributed by atoms with Crippen molar-refractivity contribution in [2.45, 2.75) is 20.1 Å². The number of aliphatic hydroxyl groups excluding tert-OH is 1. The number of aromatic nitrogens is 1. The molecule has 4 rings (SSSR count). The standard InChI is InChI=1S/C19H18N2O3S/c1-12-20-16-4-3-14(9-18(16)25-12)19(23)21-6-7-24-17-5-2-13(11-22)8-15(17)10-21/h2-5,8-9,22H,6-7,10-11H2,1H3. The van der Waals surface area contributed by atoms with E-state index in [4.69, 9.17) is 4.74 Å². The summed E-state index contributed by atoms with van der Waals surface area (Å²) >= 11 is 1.59. The van der Waals surface area contributed by atoms with Gasteiger partial charge >= 0.3 is 0 Å². The Labute approximate surface area is 149 Å². The van der Waals surface area contributed by atoms with E-state index in [1.807, 2.05) is 43.3 Å². The minimum Gasteiger partial charge on any atom is -0.491 e. The molecule has 0 atom stereocenters. The molecule has 2 aromatic carbocycles. The van der Waals surface area contributed by atoms with Gasteiger partial charge < -0.3 is 14.7 Å². The third kappa shape index (κ3) is 3.10. The minimum atomic E-state index is -0.0252. The summed E-state index contributed by atoms with van der Waals surface area (Å²) in [5, 5.41) is 10.3. The molecule has 1 aromatic heterocycles. The summed E-state index contributed by atoms with van der Waals surface area (Å²) in [4.78, 5) is 19.2. The van der Waals surface area contributed by atoms with E-state index in [9.17, 15) is 9.90 Å². The fourth-order valence-electron chi connectivity index (χ4n) is 3.07. The normalized spacial score (nSPS) is 14.1. The first-order valence-electron chi connectivity index (χ1n) is 8.16. The Hall–Kier alpha value is -2.44. The van der Waals surface area contributed by atoms with Crippen molar-refractivity contribution in [1.82, 2.24) is 9.88 Å². The minimum absolute atomic E-state index is 0.0150. The van der Waals surface area contributed by atoms with Gasteiger partial charge in [0.25, 0.3) is 5.91 Å². The van der Waals surface area contributed by atoms with E-state index in [1.165, 1.54) is 0 Å². The van der Waals surface area contributed by atoms with Crippen molar-refractivity contribution in [3.8, 4) is 5.75 Å². The lowest BCUT2D eigenvalue weighted by Crippen LogP contribution is -2.32. The smallest absolute Gasteiger partial charge is 0.254 e. The number of ether oxygens (including phenoxy) is 1. The summed E-state index contributed by atoms with van der Waals surface area (Å²) in [6.45, 7) is 3.40. The summed E-state index contributed by atoms with van der Waals surface area (Å²) in [6, 6.07) is 11.3. The van der Waals surface area contributed by atoms with Gasteiger partial charge in [-0.15, -0.1) is 11.3 Å². The molecule has 0 saturated heterocycles. The summed E-state index contributed by atoms with van der Waals surface area (Å²) < 4.78 is 6.78. The van der Waals surface area contributed by atoms with Crippen molar-refractivity contribution in [3.63, 3.8) is 0 Å². The van der Waals surface area contributed by atoms with Gasteiger partial charge in [0.2, 0.25) is 0 Å². The van der Waals surface area contributed by atoms with Gasteiger partial charge in [-0.25, -0.2) is 4.98 Å². The SMILES string of the molecule is Cc1nc2ccc(C(=O)N3CCOc4ccc(CO)cc4C3)cc2s1. The van der Waals surface area contributed by atoms with Crippen LogP contribution in [0.2, 0.25) is 0 Å². The zero-order valence-corrected chi connectivity index (χ0v) is 14.7. The highest BCUT2D eigenvalue weighted by molar-refractivity contribution is 7.18. The zero-order valence-electron chi connectivity index (χ0n) is 13.9. The van der Waals surface area contributed by atoms with E-state index in [1.54, 1.807) is 16.2 Å². The van der Waals surface area contributed by atoms with Crippen molar-refractivity contribution < 1.29 is 14.6 Å². The molecular formula is C19H18N2O3S. The number of nitrogens with zero attached hydrogens (tertiary/aromatic N) is 2. The Bertz CT molecular complexity index is 951. The Balaban J connectivity index is 1.64. The van der Waals surface area contributed by atoms with Crippen LogP contribution in [0, 0.1) is 6.92 Å². The topological polar surface area (TPSA) is 62.7 Å². The number of hydrogen-bond donors (Lipinski definition) is 1. The largest absolute Gasteiger partial charge is 0.491 e. The molecule has 25 heavy (non-hydrogen) atoms. The molecule has 3 aromatic rings. The molecule has 2 heterocycles. The molecule has 0 aliphatic carbocycles. The van der Waals surface area contributed by atoms with E-state index in [2.05, 4.69) is 4.98 Å². The second kappa shape index (κ2) is 6.46. The number of aliphatic hydroxyl groups is 1. The molecular weight excluding hydrogens is 336 g/mol. The zero-order chi connectivity index (χ0) is 17.4. The fraction of sp³-hybridized carbons (Fsp3) is 0.263. The number of amides is 1. The van der Waals surface area contributed by atoms with E-state index in [-0.39, 0.29) is 12.5 Å². The van der Waals surface area contributed by atoms with Crippen LogP contribution in [0.4, 0.5) is 0 Å². The van der Waals surface area contributed by atoms with Gasteiger partial charge in [-0.3, -0.25) is 4.79 Å². The number of hydrogen-bond acceptors (Lipinski definition) is 5. The Morgan fingerprint density at radius 3 is 3.04 bits per heavy atom. The molecule has 1 amide bonds. The lowest BCUT2D eigenvalue weighted by atomic mass is 10.1. The first-order valence-corrected chi connectivity index (χ1v) is 8.97. The Morgan fingerprint density at radius 2 is 2.20 bits per heavy atom. The summed E-state index contributed by atoms with van der Waals surface area (Å²) in [6.07, 6.45) is 0. The molecule has 0 fully saturated rings. The molecule has 0 saturated carbocycles. The average molecular weight is 354 g/mol. The van der Waals surface area contributed by atoms with Crippen molar-refractivity contribution in [1.29, 1.82) is 0 Å². The molecule has 1 aliphatic heterocycles. The van der Waals surface area contributed by atoms with Crippen molar-refractivity contribution >= 4 is 27.5 Å². The van der Waals surface area contributed by atoms with Crippen LogP contribution in [0.15, 0.2) is 36.4 Å². The lowest BCUT2D eigenvalue weighted by Gasteiger charge is -2.20. The van der Waals surface area contributed by atoms with Crippen LogP contribution in [0.1, 0.15) is 26.5 Å². The molecule has 1 aliphatic rings. The van der Waals surface area contributed by atoms with Crippen LogP contribution in [-0.2, 0) is 13.2 Å². The Morgan fingerprint density at radius 1 is 1.32 bits per heavy atom. The van der Waals surface area contributed by atoms with Crippen LogP contribution < -0.4 is 4.74 Å². The number of fused-ring (bicyclic) bond motifs is 2. The number of thiazole rings is 1. The first kappa shape index (κ1) is 16.1. The van der Waals surface area contributed by atoms with Gasteiger partial charge in [-0.05, 0) is 42.8 Å². The second-order valence-corrected chi connectivity index (χ2v) is 7.33. The highest BCUT2D eigenvalue weighted by atomic mass is 32.1. The van der Waals surface area contributed by atoms with E-state index in [0.29, 0.717) is 25.3 Å². The predicted molar refractivity (Wildman–Crippen MR) is 97.0 cm³/mol. The molecule has 128 valence electrons. The van der Waals surface area contributed by atoms with Crippen molar-refractivity contribution in [3.05, 3.63) is 58.1 Å². The van der Waals surface area contributed by atoms with Gasteiger partial charge in [0.1, 0.15) is 12.4 Å². The molecule has 1 N–H and O–H groups in total. The number of carbonyl (C=O) groups is 1. The van der Waals surface area contributed by atoms with Crippen LogP contribution in [0.3, 0.4) is 0 Å². The van der Waals surface area contributed by atoms with Crippen molar-refractivity contribution in [2.24, 2.45) is 0 Å². The molecule has 6 heteroatoms. The van der Waals surface area contributed by atoms with Crippen LogP contribution in [0.25, 0.3) is 10.2 Å². The third-order valence-corrected chi connectivity index (χ3v) is 5.25. The maximum absolute atomic E-state index is 13.0. The predicted octanol–water partition coefficient (Wildman–Crippen LogP) is 3.13. The quantitative estimate of drug-likeness (QED) is 0.768. The van der Waals surface area contributed by atoms with Crippen LogP contribution >= 0.6 is 11.3 Å². The fourth-order valence-corrected chi connectivity index (χ4v) is 3.94. The van der Waals surface area contributed by atoms with Gasteiger partial charge in [0.05, 0.1) is 28.4 Å². The maximum atomic E-state index is 13.0. The second-order valence-electron chi connectivity index (χ2n) is 6.09. The highest BCUT2D eigenvalue weighted by Crippen LogP contribution is 2.27. The number of carbonyl (C=O) groups excluding carboxylic acids is 1. The van der Waals surface area contributed by atoms with Crippen LogP contribution in [0.5, 0.6) is 5.75 Å². The van der Waals surface area contributed by atoms with E-state index >= 15 is 0 Å². The molecule has 0 radical (unpaired) electrons. The summed E-state index contributed by atoms with van der Waals surface area (Å²) in [5.74, 6) is 0.764.